The molecule has 6 nitrogen and oxygen atoms in total. The maximum Gasteiger partial charge on any atom is 0.251 e. The quantitative estimate of drug-likeness (QED) is 0.633. The molecule has 1 unspecified atom stereocenters. The fourth-order valence-corrected chi connectivity index (χ4v) is 4.06. The Kier molecular flexibility index (Phi) is 6.70. The van der Waals surface area contributed by atoms with Crippen LogP contribution in [0.1, 0.15) is 33.4 Å². The highest BCUT2D eigenvalue weighted by Crippen LogP contribution is 2.23. The van der Waals surface area contributed by atoms with Crippen molar-refractivity contribution >= 4 is 17.5 Å². The smallest absolute Gasteiger partial charge is 0.251 e. The topological polar surface area (TPSA) is 59.4 Å². The Morgan fingerprint density at radius 3 is 2.39 bits per heavy atom. The van der Waals surface area contributed by atoms with Crippen molar-refractivity contribution in [2.75, 3.05) is 32.8 Å². The second-order valence-corrected chi connectivity index (χ2v) is 8.11. The van der Waals surface area contributed by atoms with Crippen LogP contribution in [0, 0.1) is 13.8 Å². The van der Waals surface area contributed by atoms with Gasteiger partial charge in [-0.25, -0.2) is 4.68 Å². The number of carbonyl (C=O) groups excluding carboxylic acids is 1. The highest BCUT2D eigenvalue weighted by atomic mass is 35.5. The van der Waals surface area contributed by atoms with Gasteiger partial charge in [-0.3, -0.25) is 9.69 Å². The fraction of sp³-hybridized carbons (Fsp3) is 0.333. The van der Waals surface area contributed by atoms with Crippen molar-refractivity contribution < 1.29 is 9.53 Å². The van der Waals surface area contributed by atoms with E-state index in [0.29, 0.717) is 17.1 Å². The molecule has 31 heavy (non-hydrogen) atoms. The summed E-state index contributed by atoms with van der Waals surface area (Å²) in [5.74, 6) is -0.0906. The first-order valence-corrected chi connectivity index (χ1v) is 10.9. The van der Waals surface area contributed by atoms with Crippen molar-refractivity contribution in [2.45, 2.75) is 19.9 Å². The molecule has 0 radical (unpaired) electrons. The number of aryl methyl sites for hydroxylation is 1. The molecule has 1 fully saturated rings. The summed E-state index contributed by atoms with van der Waals surface area (Å²) in [5.41, 5.74) is 4.36. The molecule has 1 aliphatic heterocycles. The number of carbonyl (C=O) groups is 1. The van der Waals surface area contributed by atoms with Crippen molar-refractivity contribution in [3.8, 4) is 5.69 Å². The highest BCUT2D eigenvalue weighted by Gasteiger charge is 2.23. The van der Waals surface area contributed by atoms with Gasteiger partial charge in [0.25, 0.3) is 5.91 Å². The molecule has 0 spiro atoms. The van der Waals surface area contributed by atoms with E-state index < -0.39 is 0 Å². The number of halogens is 1. The summed E-state index contributed by atoms with van der Waals surface area (Å²) in [6.07, 6.45) is 0. The molecule has 162 valence electrons. The van der Waals surface area contributed by atoms with Crippen molar-refractivity contribution in [2.24, 2.45) is 0 Å². The lowest BCUT2D eigenvalue weighted by Crippen LogP contribution is -2.43. The standard InChI is InChI=1S/C24H27ClN4O2/c1-17-23(25)18(2)29(27-17)21-10-8-20(9-11-21)24(30)26-16-22(19-6-4-3-5-7-19)28-12-14-31-15-13-28/h3-11,22H,12-16H2,1-2H3,(H,26,30). The van der Waals surface area contributed by atoms with Gasteiger partial charge in [0.1, 0.15) is 0 Å². The number of hydrogen-bond acceptors (Lipinski definition) is 4. The van der Waals surface area contributed by atoms with E-state index in [1.54, 1.807) is 4.68 Å². The average Bonchev–Trinajstić information content (AvgIpc) is 3.08. The number of nitrogens with one attached hydrogen (secondary N) is 1. The molecule has 1 atom stereocenters. The van der Waals surface area contributed by atoms with Crippen LogP contribution >= 0.6 is 11.6 Å². The van der Waals surface area contributed by atoms with E-state index >= 15 is 0 Å². The van der Waals surface area contributed by atoms with Crippen LogP contribution in [0.25, 0.3) is 5.69 Å². The first-order chi connectivity index (χ1) is 15.0. The number of hydrogen-bond donors (Lipinski definition) is 1. The number of nitrogens with zero attached hydrogens (tertiary/aromatic N) is 3. The van der Waals surface area contributed by atoms with Gasteiger partial charge < -0.3 is 10.1 Å². The summed E-state index contributed by atoms with van der Waals surface area (Å²) in [6, 6.07) is 17.8. The zero-order valence-corrected chi connectivity index (χ0v) is 18.6. The van der Waals surface area contributed by atoms with E-state index in [1.807, 2.05) is 56.3 Å². The van der Waals surface area contributed by atoms with Gasteiger partial charge in [0.05, 0.1) is 41.4 Å². The average molecular weight is 439 g/mol. The van der Waals surface area contributed by atoms with Crippen LogP contribution in [0.15, 0.2) is 54.6 Å². The van der Waals surface area contributed by atoms with E-state index in [9.17, 15) is 4.79 Å². The van der Waals surface area contributed by atoms with Crippen molar-refractivity contribution in [3.05, 3.63) is 82.1 Å². The SMILES string of the molecule is Cc1nn(-c2ccc(C(=O)NCC(c3ccccc3)N3CCOCC3)cc2)c(C)c1Cl. The van der Waals surface area contributed by atoms with Gasteiger partial charge in [0.2, 0.25) is 0 Å². The first kappa shape index (κ1) is 21.6. The summed E-state index contributed by atoms with van der Waals surface area (Å²) in [4.78, 5) is 15.2. The Bertz CT molecular complexity index is 1030. The Labute approximate surface area is 187 Å². The lowest BCUT2D eigenvalue weighted by molar-refractivity contribution is 0.0162. The van der Waals surface area contributed by atoms with E-state index in [4.69, 9.17) is 16.3 Å². The molecular formula is C24H27ClN4O2. The largest absolute Gasteiger partial charge is 0.379 e. The second kappa shape index (κ2) is 9.64. The molecule has 0 aliphatic carbocycles. The summed E-state index contributed by atoms with van der Waals surface area (Å²) in [5, 5.41) is 8.25. The van der Waals surface area contributed by atoms with Crippen molar-refractivity contribution in [1.29, 1.82) is 0 Å². The maximum atomic E-state index is 12.8. The highest BCUT2D eigenvalue weighted by molar-refractivity contribution is 6.31. The predicted octanol–water partition coefficient (Wildman–Crippen LogP) is 3.95. The molecule has 1 N–H and O–H groups in total. The van der Waals surface area contributed by atoms with Gasteiger partial charge in [-0.15, -0.1) is 0 Å². The number of amides is 1. The molecule has 1 aromatic heterocycles. The van der Waals surface area contributed by atoms with Gasteiger partial charge in [-0.2, -0.15) is 5.10 Å². The van der Waals surface area contributed by atoms with Gasteiger partial charge in [-0.05, 0) is 43.7 Å². The summed E-state index contributed by atoms with van der Waals surface area (Å²) < 4.78 is 7.30. The number of benzene rings is 2. The zero-order valence-electron chi connectivity index (χ0n) is 17.8. The minimum Gasteiger partial charge on any atom is -0.379 e. The number of aromatic nitrogens is 2. The fourth-order valence-electron chi connectivity index (χ4n) is 3.94. The summed E-state index contributed by atoms with van der Waals surface area (Å²) in [6.45, 7) is 7.50. The van der Waals surface area contributed by atoms with Crippen molar-refractivity contribution in [1.82, 2.24) is 20.0 Å². The zero-order chi connectivity index (χ0) is 21.8. The number of ether oxygens (including phenoxy) is 1. The monoisotopic (exact) mass is 438 g/mol. The third-order valence-electron chi connectivity index (χ3n) is 5.70. The Balaban J connectivity index is 1.45. The minimum atomic E-state index is -0.0906. The van der Waals surface area contributed by atoms with E-state index in [2.05, 4.69) is 27.4 Å². The lowest BCUT2D eigenvalue weighted by atomic mass is 10.0. The second-order valence-electron chi connectivity index (χ2n) is 7.73. The van der Waals surface area contributed by atoms with Crippen molar-refractivity contribution in [3.63, 3.8) is 0 Å². The van der Waals surface area contributed by atoms with Gasteiger partial charge in [0, 0.05) is 25.2 Å². The molecule has 2 aromatic carbocycles. The third-order valence-corrected chi connectivity index (χ3v) is 6.25. The van der Waals surface area contributed by atoms with Crippen LogP contribution in [0.5, 0.6) is 0 Å². The molecule has 0 saturated carbocycles. The Morgan fingerprint density at radius 2 is 1.77 bits per heavy atom. The van der Waals surface area contributed by atoms with E-state index in [0.717, 1.165) is 43.4 Å². The number of rotatable bonds is 6. The molecule has 2 heterocycles. The molecule has 0 bridgehead atoms. The molecule has 1 aliphatic rings. The van der Waals surface area contributed by atoms with Gasteiger partial charge in [0.15, 0.2) is 0 Å². The van der Waals surface area contributed by atoms with Crippen LogP contribution in [0.4, 0.5) is 0 Å². The molecule has 1 saturated heterocycles. The van der Waals surface area contributed by atoms with Crippen LogP contribution in [0.3, 0.4) is 0 Å². The third kappa shape index (κ3) is 4.82. The van der Waals surface area contributed by atoms with E-state index in [-0.39, 0.29) is 11.9 Å². The van der Waals surface area contributed by atoms with Gasteiger partial charge in [-0.1, -0.05) is 41.9 Å². The molecule has 7 heteroatoms. The first-order valence-electron chi connectivity index (χ1n) is 10.5. The van der Waals surface area contributed by atoms with Crippen LogP contribution in [-0.2, 0) is 4.74 Å². The number of morpholine rings is 1. The molecule has 1 amide bonds. The molecular weight excluding hydrogens is 412 g/mol. The normalized spacial score (nSPS) is 15.6. The van der Waals surface area contributed by atoms with E-state index in [1.165, 1.54) is 5.56 Å². The minimum absolute atomic E-state index is 0.0906. The molecule has 4 rings (SSSR count). The Hall–Kier alpha value is -2.67. The molecule has 3 aromatic rings. The lowest BCUT2D eigenvalue weighted by Gasteiger charge is -2.35. The maximum absolute atomic E-state index is 12.8. The van der Waals surface area contributed by atoms with Crippen LogP contribution in [-0.4, -0.2) is 53.4 Å². The van der Waals surface area contributed by atoms with Gasteiger partial charge >= 0.3 is 0 Å². The Morgan fingerprint density at radius 1 is 1.10 bits per heavy atom. The summed E-state index contributed by atoms with van der Waals surface area (Å²) in [7, 11) is 0. The predicted molar refractivity (Wildman–Crippen MR) is 122 cm³/mol. The van der Waals surface area contributed by atoms with Crippen LogP contribution < -0.4 is 5.32 Å². The summed E-state index contributed by atoms with van der Waals surface area (Å²) >= 11 is 6.26. The van der Waals surface area contributed by atoms with Crippen LogP contribution in [0.2, 0.25) is 5.02 Å².